The van der Waals surface area contributed by atoms with Crippen LogP contribution in [0.1, 0.15) is 10.4 Å². The van der Waals surface area contributed by atoms with Gasteiger partial charge in [0.2, 0.25) is 0 Å². The van der Waals surface area contributed by atoms with E-state index in [1.807, 2.05) is 0 Å². The molecule has 0 bridgehead atoms. The van der Waals surface area contributed by atoms with E-state index in [1.165, 1.54) is 30.5 Å². The number of amides is 1. The van der Waals surface area contributed by atoms with Crippen molar-refractivity contribution in [2.24, 2.45) is 0 Å². The van der Waals surface area contributed by atoms with Crippen LogP contribution in [0.15, 0.2) is 60.8 Å². The van der Waals surface area contributed by atoms with E-state index in [9.17, 15) is 28.2 Å². The highest BCUT2D eigenvalue weighted by Gasteiger charge is 2.33. The Bertz CT molecular complexity index is 1150. The van der Waals surface area contributed by atoms with Crippen molar-refractivity contribution in [1.82, 2.24) is 4.98 Å². The lowest BCUT2D eigenvalue weighted by molar-refractivity contribution is -0.274. The molecule has 4 rings (SSSR count). The smallest absolute Gasteiger partial charge is 0.504 e. The second-order valence-electron chi connectivity index (χ2n) is 7.04. The quantitative estimate of drug-likeness (QED) is 0.531. The monoisotopic (exact) mass is 461 g/mol. The fourth-order valence-corrected chi connectivity index (χ4v) is 3.43. The number of ether oxygens (including phenoxy) is 2. The van der Waals surface area contributed by atoms with Crippen LogP contribution in [0.3, 0.4) is 0 Å². The third-order valence-corrected chi connectivity index (χ3v) is 4.83. The second kappa shape index (κ2) is 8.87. The van der Waals surface area contributed by atoms with Gasteiger partial charge < -0.3 is 29.9 Å². The van der Waals surface area contributed by atoms with E-state index in [4.69, 9.17) is 4.74 Å². The first-order chi connectivity index (χ1) is 15.8. The van der Waals surface area contributed by atoms with Crippen LogP contribution in [-0.4, -0.2) is 46.7 Å². The predicted octanol–water partition coefficient (Wildman–Crippen LogP) is 3.83. The van der Waals surface area contributed by atoms with Gasteiger partial charge in [-0.25, -0.2) is 4.98 Å². The predicted molar refractivity (Wildman–Crippen MR) is 112 cm³/mol. The largest absolute Gasteiger partial charge is 0.573 e. The first kappa shape index (κ1) is 22.2. The highest BCUT2D eigenvalue weighted by Crippen LogP contribution is 2.43. The van der Waals surface area contributed by atoms with Crippen molar-refractivity contribution in [3.63, 3.8) is 0 Å². The number of benzene rings is 2. The number of aliphatic hydroxyl groups is 1. The molecule has 8 nitrogen and oxygen atoms in total. The first-order valence-electron chi connectivity index (χ1n) is 9.74. The van der Waals surface area contributed by atoms with Gasteiger partial charge in [0.25, 0.3) is 5.91 Å². The molecule has 3 N–H and O–H groups in total. The average Bonchev–Trinajstić information content (AvgIpc) is 2.78. The van der Waals surface area contributed by atoms with Crippen molar-refractivity contribution in [2.45, 2.75) is 12.4 Å². The number of anilines is 3. The molecule has 2 heterocycles. The van der Waals surface area contributed by atoms with Gasteiger partial charge in [0.05, 0.1) is 23.9 Å². The van der Waals surface area contributed by atoms with Gasteiger partial charge in [-0.15, -0.1) is 13.2 Å². The number of aromatic nitrogens is 1. The topological polar surface area (TPSA) is 104 Å². The minimum atomic E-state index is -4.81. The summed E-state index contributed by atoms with van der Waals surface area (Å²) in [5.74, 6) is -0.689. The SMILES string of the molecule is O=C(Nc1ccc(OC(F)(F)F)cc1)c1cccc2c1OCC(CO)N2c1ncccc1O. The standard InChI is InChI=1S/C22H18F3N3O5/c23-22(24,25)33-15-8-6-13(7-9-15)27-21(31)16-3-1-4-17-19(16)32-12-14(11-29)28(17)20-18(30)5-2-10-26-20/h1-10,14,29-30H,11-12H2,(H,27,31). The number of halogens is 3. The molecule has 172 valence electrons. The van der Waals surface area contributed by atoms with Crippen LogP contribution in [0, 0.1) is 0 Å². The molecule has 1 unspecified atom stereocenters. The number of aromatic hydroxyl groups is 1. The van der Waals surface area contributed by atoms with E-state index in [0.717, 1.165) is 12.1 Å². The van der Waals surface area contributed by atoms with Crippen molar-refractivity contribution in [1.29, 1.82) is 0 Å². The molecule has 3 aromatic rings. The van der Waals surface area contributed by atoms with Gasteiger partial charge >= 0.3 is 6.36 Å². The van der Waals surface area contributed by atoms with Crippen LogP contribution in [0.2, 0.25) is 0 Å². The zero-order valence-electron chi connectivity index (χ0n) is 16.9. The summed E-state index contributed by atoms with van der Waals surface area (Å²) in [6, 6.07) is 11.9. The lowest BCUT2D eigenvalue weighted by Crippen LogP contribution is -2.43. The second-order valence-corrected chi connectivity index (χ2v) is 7.04. The summed E-state index contributed by atoms with van der Waals surface area (Å²) >= 11 is 0. The normalized spacial score (nSPS) is 15.4. The fraction of sp³-hybridized carbons (Fsp3) is 0.182. The van der Waals surface area contributed by atoms with E-state index < -0.39 is 24.1 Å². The molecular formula is C22H18F3N3O5. The Morgan fingerprint density at radius 1 is 1.18 bits per heavy atom. The summed E-state index contributed by atoms with van der Waals surface area (Å²) < 4.78 is 46.5. The third kappa shape index (κ3) is 4.77. The highest BCUT2D eigenvalue weighted by molar-refractivity contribution is 6.07. The number of aliphatic hydroxyl groups excluding tert-OH is 1. The number of nitrogens with one attached hydrogen (secondary N) is 1. The van der Waals surface area contributed by atoms with Crippen LogP contribution in [0.4, 0.5) is 30.4 Å². The molecule has 0 spiro atoms. The third-order valence-electron chi connectivity index (χ3n) is 4.83. The number of pyridine rings is 1. The van der Waals surface area contributed by atoms with Gasteiger partial charge in [0.15, 0.2) is 17.3 Å². The lowest BCUT2D eigenvalue weighted by Gasteiger charge is -2.37. The molecule has 0 saturated carbocycles. The number of alkyl halides is 3. The number of fused-ring (bicyclic) bond motifs is 1. The van der Waals surface area contributed by atoms with Crippen LogP contribution < -0.4 is 19.7 Å². The zero-order valence-corrected chi connectivity index (χ0v) is 16.9. The molecule has 0 saturated heterocycles. The molecule has 0 aliphatic carbocycles. The van der Waals surface area contributed by atoms with Crippen LogP contribution in [0.25, 0.3) is 0 Å². The molecule has 33 heavy (non-hydrogen) atoms. The molecule has 1 amide bonds. The number of nitrogens with zero attached hydrogens (tertiary/aromatic N) is 2. The Morgan fingerprint density at radius 3 is 2.61 bits per heavy atom. The Balaban J connectivity index is 1.62. The van der Waals surface area contributed by atoms with Crippen LogP contribution >= 0.6 is 0 Å². The van der Waals surface area contributed by atoms with Crippen molar-refractivity contribution < 1.29 is 37.7 Å². The van der Waals surface area contributed by atoms with Gasteiger partial charge in [-0.1, -0.05) is 6.07 Å². The lowest BCUT2D eigenvalue weighted by atomic mass is 10.1. The van der Waals surface area contributed by atoms with E-state index in [-0.39, 0.29) is 41.8 Å². The van der Waals surface area contributed by atoms with Crippen molar-refractivity contribution in [3.8, 4) is 17.2 Å². The van der Waals surface area contributed by atoms with Crippen molar-refractivity contribution in [2.75, 3.05) is 23.4 Å². The van der Waals surface area contributed by atoms with Gasteiger partial charge in [-0.3, -0.25) is 4.79 Å². The number of hydrogen-bond donors (Lipinski definition) is 3. The van der Waals surface area contributed by atoms with Gasteiger partial charge in [-0.2, -0.15) is 0 Å². The van der Waals surface area contributed by atoms with Crippen LogP contribution in [0.5, 0.6) is 17.2 Å². The van der Waals surface area contributed by atoms with E-state index >= 15 is 0 Å². The van der Waals surface area contributed by atoms with Gasteiger partial charge in [0.1, 0.15) is 12.4 Å². The Labute approximate surface area is 185 Å². The number of hydrogen-bond acceptors (Lipinski definition) is 7. The summed E-state index contributed by atoms with van der Waals surface area (Å²) in [6.07, 6.45) is -3.33. The molecule has 11 heteroatoms. The maximum atomic E-state index is 12.9. The van der Waals surface area contributed by atoms with Crippen molar-refractivity contribution in [3.05, 3.63) is 66.4 Å². The molecule has 2 aromatic carbocycles. The van der Waals surface area contributed by atoms with Crippen LogP contribution in [-0.2, 0) is 0 Å². The maximum Gasteiger partial charge on any atom is 0.573 e. The van der Waals surface area contributed by atoms with E-state index in [2.05, 4.69) is 15.0 Å². The molecule has 1 aromatic heterocycles. The highest BCUT2D eigenvalue weighted by atomic mass is 19.4. The van der Waals surface area contributed by atoms with Gasteiger partial charge in [0, 0.05) is 11.9 Å². The summed E-state index contributed by atoms with van der Waals surface area (Å²) in [5.41, 5.74) is 0.811. The number of carbonyl (C=O) groups excluding carboxylic acids is 1. The molecule has 1 atom stereocenters. The molecule has 1 aliphatic rings. The minimum Gasteiger partial charge on any atom is -0.504 e. The minimum absolute atomic E-state index is 0.0211. The van der Waals surface area contributed by atoms with E-state index in [1.54, 1.807) is 23.1 Å². The maximum absolute atomic E-state index is 12.9. The molecule has 0 fully saturated rings. The zero-order chi connectivity index (χ0) is 23.6. The first-order valence-corrected chi connectivity index (χ1v) is 9.74. The molecular weight excluding hydrogens is 443 g/mol. The van der Waals surface area contributed by atoms with Gasteiger partial charge in [-0.05, 0) is 48.5 Å². The Morgan fingerprint density at radius 2 is 1.94 bits per heavy atom. The number of rotatable bonds is 5. The summed E-state index contributed by atoms with van der Waals surface area (Å²) in [4.78, 5) is 18.7. The average molecular weight is 461 g/mol. The fourth-order valence-electron chi connectivity index (χ4n) is 3.43. The summed E-state index contributed by atoms with van der Waals surface area (Å²) in [5, 5.41) is 22.7. The molecule has 1 aliphatic heterocycles. The Hall–Kier alpha value is -3.99. The number of carbonyl (C=O) groups is 1. The Kier molecular flexibility index (Phi) is 5.97. The molecule has 0 radical (unpaired) electrons. The summed E-state index contributed by atoms with van der Waals surface area (Å²) in [7, 11) is 0. The van der Waals surface area contributed by atoms with Crippen molar-refractivity contribution >= 4 is 23.1 Å². The van der Waals surface area contributed by atoms with E-state index in [0.29, 0.717) is 5.69 Å². The number of para-hydroxylation sites is 1. The summed E-state index contributed by atoms with van der Waals surface area (Å²) in [6.45, 7) is -0.272.